The van der Waals surface area contributed by atoms with Crippen LogP contribution in [0.5, 0.6) is 0 Å². The number of ether oxygens (including phenoxy) is 1. The maximum Gasteiger partial charge on any atom is 0.255 e. The number of rotatable bonds is 7. The van der Waals surface area contributed by atoms with Gasteiger partial charge in [0.05, 0.1) is 0 Å². The normalized spacial score (nSPS) is 16.3. The summed E-state index contributed by atoms with van der Waals surface area (Å²) in [6.07, 6.45) is 1.95. The molecule has 1 aromatic carbocycles. The number of nitrogens with zero attached hydrogens (tertiary/aromatic N) is 2. The highest BCUT2D eigenvalue weighted by atomic mass is 16.5. The van der Waals surface area contributed by atoms with Crippen molar-refractivity contribution >= 4 is 17.5 Å². The van der Waals surface area contributed by atoms with Gasteiger partial charge in [-0.1, -0.05) is 17.3 Å². The van der Waals surface area contributed by atoms with E-state index in [2.05, 4.69) is 20.8 Å². The third-order valence-electron chi connectivity index (χ3n) is 4.56. The molecule has 1 aliphatic rings. The summed E-state index contributed by atoms with van der Waals surface area (Å²) in [6.45, 7) is 4.95. The quantitative estimate of drug-likeness (QED) is 0.722. The maximum absolute atomic E-state index is 12.0. The van der Waals surface area contributed by atoms with Gasteiger partial charge in [0.2, 0.25) is 11.8 Å². The number of benzene rings is 1. The third kappa shape index (κ3) is 5.13. The van der Waals surface area contributed by atoms with Gasteiger partial charge in [-0.2, -0.15) is 4.98 Å². The number of anilines is 1. The number of carbonyl (C=O) groups excluding carboxylic acids is 2. The van der Waals surface area contributed by atoms with E-state index in [1.165, 1.54) is 0 Å². The lowest BCUT2D eigenvalue weighted by Crippen LogP contribution is -2.30. The van der Waals surface area contributed by atoms with Gasteiger partial charge in [-0.15, -0.1) is 0 Å². The molecule has 2 aromatic rings. The van der Waals surface area contributed by atoms with Crippen molar-refractivity contribution in [3.63, 3.8) is 0 Å². The van der Waals surface area contributed by atoms with E-state index in [-0.39, 0.29) is 24.3 Å². The molecule has 1 aromatic heterocycles. The van der Waals surface area contributed by atoms with Crippen molar-refractivity contribution in [2.45, 2.75) is 45.6 Å². The molecular formula is C19H24N4O4. The number of amides is 2. The van der Waals surface area contributed by atoms with E-state index in [9.17, 15) is 9.59 Å². The van der Waals surface area contributed by atoms with E-state index < -0.39 is 0 Å². The molecule has 27 heavy (non-hydrogen) atoms. The lowest BCUT2D eigenvalue weighted by atomic mass is 10.1. The Bertz CT molecular complexity index is 812. The van der Waals surface area contributed by atoms with E-state index in [0.29, 0.717) is 31.3 Å². The van der Waals surface area contributed by atoms with Crippen molar-refractivity contribution in [1.29, 1.82) is 0 Å². The summed E-state index contributed by atoms with van der Waals surface area (Å²) >= 11 is 0. The van der Waals surface area contributed by atoms with Gasteiger partial charge in [-0.05, 0) is 43.9 Å². The molecule has 8 nitrogen and oxygen atoms in total. The summed E-state index contributed by atoms with van der Waals surface area (Å²) in [5.74, 6) is 0.310. The standard InChI is InChI=1S/C19H24N4O4/c1-12-5-3-6-14(13(12)2)21-18(25)11-17(24)20-9-8-16-22-19(27-23-16)15-7-4-10-26-15/h3,5-6,15H,4,7-11H2,1-2H3,(H,20,24)(H,21,25). The lowest BCUT2D eigenvalue weighted by Gasteiger charge is -2.10. The summed E-state index contributed by atoms with van der Waals surface area (Å²) in [4.78, 5) is 28.3. The molecule has 1 aliphatic heterocycles. The average Bonchev–Trinajstić information content (AvgIpc) is 3.30. The van der Waals surface area contributed by atoms with Gasteiger partial charge in [0.15, 0.2) is 5.82 Å². The van der Waals surface area contributed by atoms with E-state index in [4.69, 9.17) is 9.26 Å². The Morgan fingerprint density at radius 2 is 2.11 bits per heavy atom. The third-order valence-corrected chi connectivity index (χ3v) is 4.56. The SMILES string of the molecule is Cc1cccc(NC(=O)CC(=O)NCCc2noc(C3CCCO3)n2)c1C. The summed E-state index contributed by atoms with van der Waals surface area (Å²) in [5.41, 5.74) is 2.80. The van der Waals surface area contributed by atoms with Gasteiger partial charge >= 0.3 is 0 Å². The molecule has 0 saturated carbocycles. The largest absolute Gasteiger partial charge is 0.368 e. The van der Waals surface area contributed by atoms with Gasteiger partial charge in [-0.25, -0.2) is 0 Å². The predicted octanol–water partition coefficient (Wildman–Crippen LogP) is 2.23. The van der Waals surface area contributed by atoms with Crippen LogP contribution in [0, 0.1) is 13.8 Å². The Balaban J connectivity index is 1.40. The van der Waals surface area contributed by atoms with E-state index >= 15 is 0 Å². The zero-order valence-corrected chi connectivity index (χ0v) is 15.6. The molecule has 0 bridgehead atoms. The van der Waals surface area contributed by atoms with Crippen molar-refractivity contribution in [3.05, 3.63) is 41.0 Å². The summed E-state index contributed by atoms with van der Waals surface area (Å²) in [7, 11) is 0. The summed E-state index contributed by atoms with van der Waals surface area (Å²) < 4.78 is 10.7. The second-order valence-corrected chi connectivity index (χ2v) is 6.62. The fraction of sp³-hybridized carbons (Fsp3) is 0.474. The molecule has 0 radical (unpaired) electrons. The smallest absolute Gasteiger partial charge is 0.255 e. The summed E-state index contributed by atoms with van der Waals surface area (Å²) in [6, 6.07) is 5.66. The molecule has 2 N–H and O–H groups in total. The first-order valence-corrected chi connectivity index (χ1v) is 9.10. The predicted molar refractivity (Wildman–Crippen MR) is 98.1 cm³/mol. The first-order chi connectivity index (χ1) is 13.0. The van der Waals surface area contributed by atoms with Gasteiger partial charge in [0, 0.05) is 25.3 Å². The minimum atomic E-state index is -0.347. The zero-order chi connectivity index (χ0) is 19.2. The molecule has 2 heterocycles. The van der Waals surface area contributed by atoms with Crippen molar-refractivity contribution < 1.29 is 18.8 Å². The molecule has 3 rings (SSSR count). The molecular weight excluding hydrogens is 348 g/mol. The molecule has 1 saturated heterocycles. The van der Waals surface area contributed by atoms with Gasteiger partial charge in [0.1, 0.15) is 12.5 Å². The second kappa shape index (κ2) is 8.77. The Kier molecular flexibility index (Phi) is 6.18. The highest BCUT2D eigenvalue weighted by Gasteiger charge is 2.23. The summed E-state index contributed by atoms with van der Waals surface area (Å²) in [5, 5.41) is 9.37. The fourth-order valence-electron chi connectivity index (χ4n) is 2.88. The molecule has 1 unspecified atom stereocenters. The van der Waals surface area contributed by atoms with E-state index in [0.717, 1.165) is 29.7 Å². The number of aromatic nitrogens is 2. The van der Waals surface area contributed by atoms with Crippen LogP contribution in [0.2, 0.25) is 0 Å². The first-order valence-electron chi connectivity index (χ1n) is 9.10. The van der Waals surface area contributed by atoms with Crippen LogP contribution in [0.15, 0.2) is 22.7 Å². The Morgan fingerprint density at radius 3 is 2.89 bits per heavy atom. The van der Waals surface area contributed by atoms with Crippen LogP contribution in [0.4, 0.5) is 5.69 Å². The maximum atomic E-state index is 12.0. The second-order valence-electron chi connectivity index (χ2n) is 6.62. The molecule has 1 atom stereocenters. The monoisotopic (exact) mass is 372 g/mol. The Morgan fingerprint density at radius 1 is 1.26 bits per heavy atom. The molecule has 0 spiro atoms. The molecule has 1 fully saturated rings. The highest BCUT2D eigenvalue weighted by molar-refractivity contribution is 6.03. The van der Waals surface area contributed by atoms with Crippen LogP contribution >= 0.6 is 0 Å². The average molecular weight is 372 g/mol. The number of carbonyl (C=O) groups is 2. The minimum absolute atomic E-state index is 0.116. The van der Waals surface area contributed by atoms with Gasteiger partial charge in [0.25, 0.3) is 5.89 Å². The van der Waals surface area contributed by atoms with E-state index in [1.807, 2.05) is 32.0 Å². The minimum Gasteiger partial charge on any atom is -0.368 e. The number of hydrogen-bond donors (Lipinski definition) is 2. The number of aryl methyl sites for hydroxylation is 1. The number of hydrogen-bond acceptors (Lipinski definition) is 6. The van der Waals surface area contributed by atoms with Crippen LogP contribution in [0.25, 0.3) is 0 Å². The molecule has 0 aliphatic carbocycles. The van der Waals surface area contributed by atoms with Crippen molar-refractivity contribution in [1.82, 2.24) is 15.5 Å². The van der Waals surface area contributed by atoms with Crippen LogP contribution < -0.4 is 10.6 Å². The van der Waals surface area contributed by atoms with Crippen LogP contribution in [-0.4, -0.2) is 35.1 Å². The van der Waals surface area contributed by atoms with Crippen LogP contribution in [-0.2, 0) is 20.7 Å². The highest BCUT2D eigenvalue weighted by Crippen LogP contribution is 2.26. The Labute approximate surface area is 157 Å². The van der Waals surface area contributed by atoms with Gasteiger partial charge < -0.3 is 19.9 Å². The molecule has 8 heteroatoms. The Hall–Kier alpha value is -2.74. The zero-order valence-electron chi connectivity index (χ0n) is 15.6. The lowest BCUT2D eigenvalue weighted by molar-refractivity contribution is -0.126. The fourth-order valence-corrected chi connectivity index (χ4v) is 2.88. The van der Waals surface area contributed by atoms with Crippen molar-refractivity contribution in [3.8, 4) is 0 Å². The van der Waals surface area contributed by atoms with Crippen LogP contribution in [0.3, 0.4) is 0 Å². The van der Waals surface area contributed by atoms with E-state index in [1.54, 1.807) is 0 Å². The van der Waals surface area contributed by atoms with Crippen molar-refractivity contribution in [2.75, 3.05) is 18.5 Å². The molecule has 2 amide bonds. The van der Waals surface area contributed by atoms with Crippen molar-refractivity contribution in [2.24, 2.45) is 0 Å². The topological polar surface area (TPSA) is 106 Å². The van der Waals surface area contributed by atoms with Gasteiger partial charge in [-0.3, -0.25) is 9.59 Å². The number of nitrogens with one attached hydrogen (secondary N) is 2. The van der Waals surface area contributed by atoms with Crippen LogP contribution in [0.1, 0.15) is 48.2 Å². The molecule has 144 valence electrons. The first kappa shape index (κ1) is 19.0.